The van der Waals surface area contributed by atoms with E-state index in [4.69, 9.17) is 4.42 Å². The van der Waals surface area contributed by atoms with Crippen LogP contribution in [0.5, 0.6) is 0 Å². The van der Waals surface area contributed by atoms with E-state index >= 15 is 0 Å². The van der Waals surface area contributed by atoms with Gasteiger partial charge in [-0.3, -0.25) is 0 Å². The van der Waals surface area contributed by atoms with Crippen LogP contribution in [0.15, 0.2) is 57.7 Å². The summed E-state index contributed by atoms with van der Waals surface area (Å²) >= 11 is 0. The van der Waals surface area contributed by atoms with Gasteiger partial charge < -0.3 is 4.42 Å². The molecule has 0 radical (unpaired) electrons. The second-order valence-corrected chi connectivity index (χ2v) is 5.79. The van der Waals surface area contributed by atoms with Crippen molar-refractivity contribution in [3.63, 3.8) is 0 Å². The van der Waals surface area contributed by atoms with Crippen LogP contribution < -0.4 is 5.63 Å². The fourth-order valence-electron chi connectivity index (χ4n) is 3.14. The third kappa shape index (κ3) is 1.84. The van der Waals surface area contributed by atoms with Crippen molar-refractivity contribution < 1.29 is 4.42 Å². The lowest BCUT2D eigenvalue weighted by atomic mass is 9.99. The normalized spacial score (nSPS) is 11.5. The predicted molar refractivity (Wildman–Crippen MR) is 91.6 cm³/mol. The fourth-order valence-corrected chi connectivity index (χ4v) is 3.14. The smallest absolute Gasteiger partial charge is 0.344 e. The monoisotopic (exact) mass is 288 g/mol. The molecule has 0 atom stereocenters. The molecule has 0 aliphatic rings. The van der Waals surface area contributed by atoms with Gasteiger partial charge in [0.05, 0.1) is 5.39 Å². The molecule has 0 aliphatic heterocycles. The second-order valence-electron chi connectivity index (χ2n) is 5.79. The highest BCUT2D eigenvalue weighted by Crippen LogP contribution is 2.29. The summed E-state index contributed by atoms with van der Waals surface area (Å²) in [6, 6.07) is 16.4. The molecule has 0 saturated heterocycles. The highest BCUT2D eigenvalue weighted by molar-refractivity contribution is 6.15. The van der Waals surface area contributed by atoms with E-state index in [1.54, 1.807) is 0 Å². The number of hydrogen-bond acceptors (Lipinski definition) is 2. The Labute approximate surface area is 128 Å². The van der Waals surface area contributed by atoms with Gasteiger partial charge in [0.25, 0.3) is 0 Å². The van der Waals surface area contributed by atoms with Crippen molar-refractivity contribution in [2.75, 3.05) is 0 Å². The second kappa shape index (κ2) is 4.70. The highest BCUT2D eigenvalue weighted by atomic mass is 16.4. The number of aryl methyl sites for hydroxylation is 2. The average molecular weight is 288 g/mol. The Morgan fingerprint density at radius 3 is 2.50 bits per heavy atom. The van der Waals surface area contributed by atoms with Crippen LogP contribution in [0.3, 0.4) is 0 Å². The van der Waals surface area contributed by atoms with E-state index in [0.717, 1.165) is 28.0 Å². The largest absolute Gasteiger partial charge is 0.422 e. The van der Waals surface area contributed by atoms with Crippen LogP contribution >= 0.6 is 0 Å². The molecule has 0 bridgehead atoms. The summed E-state index contributed by atoms with van der Waals surface area (Å²) in [5.74, 6) is 0. The average Bonchev–Trinajstić information content (AvgIpc) is 2.53. The molecule has 0 spiro atoms. The van der Waals surface area contributed by atoms with Crippen molar-refractivity contribution in [1.82, 2.24) is 0 Å². The minimum atomic E-state index is -0.259. The molecule has 1 heterocycles. The molecule has 108 valence electrons. The molecule has 4 aromatic rings. The zero-order valence-corrected chi connectivity index (χ0v) is 12.6. The Hall–Kier alpha value is -2.61. The van der Waals surface area contributed by atoms with Crippen LogP contribution in [-0.2, 0) is 6.42 Å². The van der Waals surface area contributed by atoms with Crippen LogP contribution in [0.2, 0.25) is 0 Å². The zero-order chi connectivity index (χ0) is 15.3. The van der Waals surface area contributed by atoms with Gasteiger partial charge in [0.1, 0.15) is 5.58 Å². The molecule has 2 nitrogen and oxygen atoms in total. The lowest BCUT2D eigenvalue weighted by Gasteiger charge is -2.07. The van der Waals surface area contributed by atoms with Crippen LogP contribution in [-0.4, -0.2) is 0 Å². The molecule has 1 aromatic heterocycles. The first-order valence-corrected chi connectivity index (χ1v) is 7.56. The first-order chi connectivity index (χ1) is 10.7. The number of hydrogen-bond donors (Lipinski definition) is 0. The molecular weight excluding hydrogens is 272 g/mol. The Balaban J connectivity index is 2.23. The van der Waals surface area contributed by atoms with E-state index < -0.39 is 0 Å². The topological polar surface area (TPSA) is 30.2 Å². The van der Waals surface area contributed by atoms with Crippen molar-refractivity contribution in [2.45, 2.75) is 20.3 Å². The summed E-state index contributed by atoms with van der Waals surface area (Å²) in [6.45, 7) is 4.15. The summed E-state index contributed by atoms with van der Waals surface area (Å²) in [5, 5.41) is 4.66. The molecule has 2 heteroatoms. The standard InChI is InChI=1S/C20H16O2/c1-3-13-5-8-16-17-9-6-14-10-12(2)4-7-15(14)19(17)20(21)22-18(16)11-13/h4-11H,3H2,1-2H3. The Bertz CT molecular complexity index is 1090. The first-order valence-electron chi connectivity index (χ1n) is 7.56. The highest BCUT2D eigenvalue weighted by Gasteiger charge is 2.11. The summed E-state index contributed by atoms with van der Waals surface area (Å²) in [5.41, 5.74) is 2.77. The summed E-state index contributed by atoms with van der Waals surface area (Å²) < 4.78 is 5.60. The maximum atomic E-state index is 12.5. The first kappa shape index (κ1) is 13.1. The minimum Gasteiger partial charge on any atom is -0.422 e. The third-order valence-corrected chi connectivity index (χ3v) is 4.33. The van der Waals surface area contributed by atoms with Gasteiger partial charge in [0, 0.05) is 10.8 Å². The molecule has 0 fully saturated rings. The van der Waals surface area contributed by atoms with E-state index in [1.807, 2.05) is 24.3 Å². The van der Waals surface area contributed by atoms with E-state index in [0.29, 0.717) is 11.0 Å². The van der Waals surface area contributed by atoms with Crippen LogP contribution in [0.1, 0.15) is 18.1 Å². The van der Waals surface area contributed by atoms with Crippen LogP contribution in [0.4, 0.5) is 0 Å². The van der Waals surface area contributed by atoms with Crippen molar-refractivity contribution >= 4 is 32.5 Å². The van der Waals surface area contributed by atoms with Crippen LogP contribution in [0.25, 0.3) is 32.5 Å². The SMILES string of the molecule is CCc1ccc2c(c1)oc(=O)c1c3ccc(C)cc3ccc21. The maximum absolute atomic E-state index is 12.5. The van der Waals surface area contributed by atoms with Crippen molar-refractivity contribution in [2.24, 2.45) is 0 Å². The van der Waals surface area contributed by atoms with E-state index in [2.05, 4.69) is 38.1 Å². The number of fused-ring (bicyclic) bond motifs is 5. The lowest BCUT2D eigenvalue weighted by molar-refractivity contribution is 0.569. The molecule has 0 N–H and O–H groups in total. The van der Waals surface area contributed by atoms with Crippen molar-refractivity contribution in [3.8, 4) is 0 Å². The van der Waals surface area contributed by atoms with Gasteiger partial charge in [0.15, 0.2) is 0 Å². The lowest BCUT2D eigenvalue weighted by Crippen LogP contribution is -2.01. The quantitative estimate of drug-likeness (QED) is 0.365. The van der Waals surface area contributed by atoms with Crippen LogP contribution in [0, 0.1) is 6.92 Å². The van der Waals surface area contributed by atoms with Gasteiger partial charge in [-0.05, 0) is 35.7 Å². The van der Waals surface area contributed by atoms with Gasteiger partial charge in [-0.25, -0.2) is 4.79 Å². The molecule has 0 saturated carbocycles. The summed E-state index contributed by atoms with van der Waals surface area (Å²) in [7, 11) is 0. The Kier molecular flexibility index (Phi) is 2.80. The van der Waals surface area contributed by atoms with E-state index in [9.17, 15) is 4.79 Å². The van der Waals surface area contributed by atoms with Crippen molar-refractivity contribution in [3.05, 3.63) is 70.1 Å². The molecule has 4 rings (SSSR count). The minimum absolute atomic E-state index is 0.259. The van der Waals surface area contributed by atoms with Gasteiger partial charge in [-0.1, -0.05) is 55.0 Å². The number of benzene rings is 3. The van der Waals surface area contributed by atoms with Crippen molar-refractivity contribution in [1.29, 1.82) is 0 Å². The molecular formula is C20H16O2. The van der Waals surface area contributed by atoms with Gasteiger partial charge in [-0.2, -0.15) is 0 Å². The van der Waals surface area contributed by atoms with Gasteiger partial charge >= 0.3 is 5.63 Å². The Morgan fingerprint density at radius 1 is 0.909 bits per heavy atom. The van der Waals surface area contributed by atoms with E-state index in [1.165, 1.54) is 11.1 Å². The third-order valence-electron chi connectivity index (χ3n) is 4.33. The van der Waals surface area contributed by atoms with Gasteiger partial charge in [0.2, 0.25) is 0 Å². The Morgan fingerprint density at radius 2 is 1.68 bits per heavy atom. The maximum Gasteiger partial charge on any atom is 0.344 e. The number of rotatable bonds is 1. The van der Waals surface area contributed by atoms with Gasteiger partial charge in [-0.15, -0.1) is 0 Å². The molecule has 0 amide bonds. The molecule has 3 aromatic carbocycles. The molecule has 0 aliphatic carbocycles. The summed E-state index contributed by atoms with van der Waals surface area (Å²) in [6.07, 6.45) is 0.925. The summed E-state index contributed by atoms with van der Waals surface area (Å²) in [4.78, 5) is 12.5. The fraction of sp³-hybridized carbons (Fsp3) is 0.150. The van der Waals surface area contributed by atoms with E-state index in [-0.39, 0.29) is 5.63 Å². The predicted octanol–water partition coefficient (Wildman–Crippen LogP) is 4.97. The zero-order valence-electron chi connectivity index (χ0n) is 12.6. The molecule has 0 unspecified atom stereocenters. The molecule has 22 heavy (non-hydrogen) atoms.